The zero-order chi connectivity index (χ0) is 24.9. The molecule has 2 unspecified atom stereocenters. The molecule has 1 aromatic heterocycles. The molecule has 3 heterocycles. The van der Waals surface area contributed by atoms with Crippen LogP contribution < -0.4 is 15.0 Å². The standard InChI is InChI=1S/C29H35N5O2/c1-30-15-16-34-24-11-12-25(34)21-33(20-24)28-17-22(13-14-31-28)19-32(2)29(35)23-7-6-10-27(18-23)36-26-8-4-3-5-9-26/h3-10,13-14,17-18,24-25,30H,11-12,15-16,19-21H2,1-2H3. The number of nitrogens with one attached hydrogen (secondary N) is 1. The molecule has 2 aromatic carbocycles. The van der Waals surface area contributed by atoms with E-state index in [0.717, 1.165) is 43.3 Å². The lowest BCUT2D eigenvalue weighted by molar-refractivity contribution is 0.0784. The molecule has 0 saturated carbocycles. The van der Waals surface area contributed by atoms with Crippen LogP contribution in [-0.4, -0.2) is 73.0 Å². The summed E-state index contributed by atoms with van der Waals surface area (Å²) in [6, 6.07) is 22.3. The molecule has 2 saturated heterocycles. The zero-order valence-electron chi connectivity index (χ0n) is 21.1. The fourth-order valence-electron chi connectivity index (χ4n) is 5.40. The summed E-state index contributed by atoms with van der Waals surface area (Å²) < 4.78 is 5.91. The number of rotatable bonds is 9. The number of piperazine rings is 1. The van der Waals surface area contributed by atoms with Crippen molar-refractivity contribution in [3.8, 4) is 11.5 Å². The quantitative estimate of drug-likeness (QED) is 0.494. The minimum absolute atomic E-state index is 0.0388. The largest absolute Gasteiger partial charge is 0.457 e. The number of likely N-dealkylation sites (N-methyl/N-ethyl adjacent to an activating group) is 1. The summed E-state index contributed by atoms with van der Waals surface area (Å²) in [7, 11) is 3.86. The number of fused-ring (bicyclic) bond motifs is 2. The number of para-hydroxylation sites is 1. The van der Waals surface area contributed by atoms with Gasteiger partial charge in [0.15, 0.2) is 0 Å². The van der Waals surface area contributed by atoms with Gasteiger partial charge in [0.25, 0.3) is 5.91 Å². The van der Waals surface area contributed by atoms with Crippen LogP contribution in [0.2, 0.25) is 0 Å². The van der Waals surface area contributed by atoms with Gasteiger partial charge in [0, 0.05) is 63.6 Å². The first-order valence-corrected chi connectivity index (χ1v) is 12.8. The number of amides is 1. The molecule has 5 rings (SSSR count). The summed E-state index contributed by atoms with van der Waals surface area (Å²) in [5.41, 5.74) is 1.69. The molecule has 2 bridgehead atoms. The Morgan fingerprint density at radius 1 is 1.03 bits per heavy atom. The van der Waals surface area contributed by atoms with E-state index in [1.54, 1.807) is 11.0 Å². The predicted molar refractivity (Wildman–Crippen MR) is 143 cm³/mol. The number of hydrogen-bond donors (Lipinski definition) is 1. The monoisotopic (exact) mass is 485 g/mol. The third-order valence-corrected chi connectivity index (χ3v) is 7.21. The molecule has 0 radical (unpaired) electrons. The molecule has 7 heteroatoms. The molecule has 3 aromatic rings. The Morgan fingerprint density at radius 2 is 1.78 bits per heavy atom. The normalized spacial score (nSPS) is 19.3. The molecule has 1 amide bonds. The van der Waals surface area contributed by atoms with Crippen LogP contribution in [0.5, 0.6) is 11.5 Å². The first-order chi connectivity index (χ1) is 17.6. The predicted octanol–water partition coefficient (Wildman–Crippen LogP) is 4.02. The maximum absolute atomic E-state index is 13.2. The number of hydrogen-bond acceptors (Lipinski definition) is 6. The van der Waals surface area contributed by atoms with Gasteiger partial charge >= 0.3 is 0 Å². The van der Waals surface area contributed by atoms with Crippen LogP contribution >= 0.6 is 0 Å². The van der Waals surface area contributed by atoms with Crippen molar-refractivity contribution < 1.29 is 9.53 Å². The summed E-state index contributed by atoms with van der Waals surface area (Å²) in [5, 5.41) is 3.28. The fraction of sp³-hybridized carbons (Fsp3) is 0.379. The summed E-state index contributed by atoms with van der Waals surface area (Å²) in [5.74, 6) is 2.37. The topological polar surface area (TPSA) is 60.9 Å². The Morgan fingerprint density at radius 3 is 2.53 bits per heavy atom. The first kappa shape index (κ1) is 24.3. The lowest BCUT2D eigenvalue weighted by Crippen LogP contribution is -2.55. The highest BCUT2D eigenvalue weighted by atomic mass is 16.5. The van der Waals surface area contributed by atoms with Crippen molar-refractivity contribution in [1.82, 2.24) is 20.1 Å². The average Bonchev–Trinajstić information content (AvgIpc) is 3.13. The number of nitrogens with zero attached hydrogens (tertiary/aromatic N) is 4. The molecule has 2 aliphatic heterocycles. The summed E-state index contributed by atoms with van der Waals surface area (Å²) in [4.78, 5) is 24.7. The highest BCUT2D eigenvalue weighted by molar-refractivity contribution is 5.94. The summed E-state index contributed by atoms with van der Waals surface area (Å²) >= 11 is 0. The molecule has 0 aliphatic carbocycles. The van der Waals surface area contributed by atoms with Gasteiger partial charge in [-0.1, -0.05) is 24.3 Å². The van der Waals surface area contributed by atoms with Gasteiger partial charge in [0.05, 0.1) is 0 Å². The number of carbonyl (C=O) groups is 1. The molecular formula is C29H35N5O2. The molecule has 36 heavy (non-hydrogen) atoms. The Balaban J connectivity index is 1.22. The summed E-state index contributed by atoms with van der Waals surface area (Å²) in [6.45, 7) is 4.69. The van der Waals surface area contributed by atoms with E-state index < -0.39 is 0 Å². The fourth-order valence-corrected chi connectivity index (χ4v) is 5.40. The Bertz CT molecular complexity index is 1160. The van der Waals surface area contributed by atoms with E-state index in [-0.39, 0.29) is 5.91 Å². The first-order valence-electron chi connectivity index (χ1n) is 12.8. The molecule has 188 valence electrons. The van der Waals surface area contributed by atoms with Gasteiger partial charge in [-0.05, 0) is 67.9 Å². The van der Waals surface area contributed by atoms with E-state index in [4.69, 9.17) is 4.74 Å². The van der Waals surface area contributed by atoms with Gasteiger partial charge in [0.1, 0.15) is 17.3 Å². The molecular weight excluding hydrogens is 450 g/mol. The Labute approximate surface area is 213 Å². The van der Waals surface area contributed by atoms with E-state index >= 15 is 0 Å². The van der Waals surface area contributed by atoms with E-state index in [0.29, 0.717) is 29.9 Å². The number of carbonyl (C=O) groups excluding carboxylic acids is 1. The molecule has 0 spiro atoms. The molecule has 2 atom stereocenters. The van der Waals surface area contributed by atoms with E-state index in [1.807, 2.05) is 74.9 Å². The van der Waals surface area contributed by atoms with Crippen LogP contribution in [0.3, 0.4) is 0 Å². The molecule has 1 N–H and O–H groups in total. The van der Waals surface area contributed by atoms with Gasteiger partial charge < -0.3 is 19.9 Å². The van der Waals surface area contributed by atoms with Crippen LogP contribution in [0.4, 0.5) is 5.82 Å². The maximum atomic E-state index is 13.2. The average molecular weight is 486 g/mol. The SMILES string of the molecule is CNCCN1C2CCC1CN(c1cc(CN(C)C(=O)c3cccc(Oc4ccccc4)c3)ccn1)C2. The number of aromatic nitrogens is 1. The number of benzene rings is 2. The van der Waals surface area contributed by atoms with Crippen LogP contribution in [-0.2, 0) is 6.54 Å². The number of ether oxygens (including phenoxy) is 1. The van der Waals surface area contributed by atoms with Gasteiger partial charge in [-0.2, -0.15) is 0 Å². The third kappa shape index (κ3) is 5.53. The van der Waals surface area contributed by atoms with Gasteiger partial charge in [-0.15, -0.1) is 0 Å². The Kier molecular flexibility index (Phi) is 7.49. The zero-order valence-corrected chi connectivity index (χ0v) is 21.1. The summed E-state index contributed by atoms with van der Waals surface area (Å²) in [6.07, 6.45) is 4.39. The molecule has 2 fully saturated rings. The minimum Gasteiger partial charge on any atom is -0.457 e. The minimum atomic E-state index is -0.0388. The number of pyridine rings is 1. The van der Waals surface area contributed by atoms with E-state index in [1.165, 1.54) is 12.8 Å². The van der Waals surface area contributed by atoms with Crippen molar-refractivity contribution >= 4 is 11.7 Å². The van der Waals surface area contributed by atoms with Crippen molar-refractivity contribution in [1.29, 1.82) is 0 Å². The molecule has 2 aliphatic rings. The van der Waals surface area contributed by atoms with Crippen LogP contribution in [0.15, 0.2) is 72.9 Å². The van der Waals surface area contributed by atoms with Gasteiger partial charge in [-0.25, -0.2) is 4.98 Å². The van der Waals surface area contributed by atoms with Crippen molar-refractivity contribution in [3.63, 3.8) is 0 Å². The molecule has 7 nitrogen and oxygen atoms in total. The van der Waals surface area contributed by atoms with Crippen molar-refractivity contribution in [3.05, 3.63) is 84.1 Å². The number of anilines is 1. The highest BCUT2D eigenvalue weighted by Crippen LogP contribution is 2.32. The van der Waals surface area contributed by atoms with Crippen LogP contribution in [0, 0.1) is 0 Å². The van der Waals surface area contributed by atoms with Crippen molar-refractivity contribution in [2.24, 2.45) is 0 Å². The van der Waals surface area contributed by atoms with Gasteiger partial charge in [0.2, 0.25) is 0 Å². The lowest BCUT2D eigenvalue weighted by atomic mass is 10.1. The van der Waals surface area contributed by atoms with Gasteiger partial charge in [-0.3, -0.25) is 9.69 Å². The Hall–Kier alpha value is -3.42. The lowest BCUT2D eigenvalue weighted by Gasteiger charge is -2.41. The van der Waals surface area contributed by atoms with Crippen molar-refractivity contribution in [2.75, 3.05) is 45.2 Å². The highest BCUT2D eigenvalue weighted by Gasteiger charge is 2.39. The van der Waals surface area contributed by atoms with Crippen LogP contribution in [0.1, 0.15) is 28.8 Å². The second-order valence-corrected chi connectivity index (χ2v) is 9.76. The second kappa shape index (κ2) is 11.1. The maximum Gasteiger partial charge on any atom is 0.254 e. The second-order valence-electron chi connectivity index (χ2n) is 9.76. The van der Waals surface area contributed by atoms with E-state index in [2.05, 4.69) is 26.2 Å². The van der Waals surface area contributed by atoms with Crippen LogP contribution in [0.25, 0.3) is 0 Å². The van der Waals surface area contributed by atoms with Crippen molar-refractivity contribution in [2.45, 2.75) is 31.5 Å². The van der Waals surface area contributed by atoms with E-state index in [9.17, 15) is 4.79 Å². The third-order valence-electron chi connectivity index (χ3n) is 7.21. The smallest absolute Gasteiger partial charge is 0.254 e.